The summed E-state index contributed by atoms with van der Waals surface area (Å²) in [5.74, 6) is 0. The van der Waals surface area contributed by atoms with Gasteiger partial charge in [-0.05, 0) is 29.3 Å². The third-order valence-corrected chi connectivity index (χ3v) is 2.31. The van der Waals surface area contributed by atoms with Crippen LogP contribution in [0.4, 0.5) is 0 Å². The summed E-state index contributed by atoms with van der Waals surface area (Å²) < 4.78 is 0. The van der Waals surface area contributed by atoms with Crippen molar-refractivity contribution in [3.63, 3.8) is 0 Å². The van der Waals surface area contributed by atoms with Gasteiger partial charge in [0.1, 0.15) is 6.61 Å². The van der Waals surface area contributed by atoms with Crippen LogP contribution in [0.3, 0.4) is 0 Å². The van der Waals surface area contributed by atoms with Crippen LogP contribution in [-0.2, 0) is 11.3 Å². The Labute approximate surface area is 82.2 Å². The molecule has 1 rings (SSSR count). The highest BCUT2D eigenvalue weighted by atomic mass is 32.1. The van der Waals surface area contributed by atoms with Crippen LogP contribution in [-0.4, -0.2) is 18.9 Å². The highest BCUT2D eigenvalue weighted by molar-refractivity contribution is 7.07. The smallest absolute Gasteiger partial charge is 0.121 e. The Morgan fingerprint density at radius 3 is 3.15 bits per heavy atom. The van der Waals surface area contributed by atoms with E-state index in [0.29, 0.717) is 13.2 Å². The summed E-state index contributed by atoms with van der Waals surface area (Å²) in [6.07, 6.45) is 0.908. The zero-order valence-corrected chi connectivity index (χ0v) is 8.51. The summed E-state index contributed by atoms with van der Waals surface area (Å²) in [6.45, 7) is 2.93. The Morgan fingerprint density at radius 2 is 2.54 bits per heavy atom. The van der Waals surface area contributed by atoms with Gasteiger partial charge in [0.25, 0.3) is 0 Å². The maximum atomic E-state index is 5.34. The van der Waals surface area contributed by atoms with E-state index in [1.54, 1.807) is 11.3 Å². The Morgan fingerprint density at radius 1 is 1.69 bits per heavy atom. The molecule has 4 heteroatoms. The fraction of sp³-hybridized carbons (Fsp3) is 0.444. The molecule has 1 aromatic heterocycles. The van der Waals surface area contributed by atoms with Gasteiger partial charge in [-0.1, -0.05) is 5.16 Å². The van der Waals surface area contributed by atoms with E-state index in [9.17, 15) is 0 Å². The topological polar surface area (TPSA) is 47.6 Å². The first-order valence-corrected chi connectivity index (χ1v) is 5.14. The number of hydrogen-bond donors (Lipinski definition) is 1. The van der Waals surface area contributed by atoms with Gasteiger partial charge in [0.15, 0.2) is 0 Å². The molecule has 0 aliphatic heterocycles. The van der Waals surface area contributed by atoms with Crippen molar-refractivity contribution in [1.29, 1.82) is 0 Å². The molecule has 1 heterocycles. The molecule has 0 amide bonds. The third-order valence-electron chi connectivity index (χ3n) is 1.58. The molecule has 0 saturated heterocycles. The minimum Gasteiger partial charge on any atom is -0.395 e. The van der Waals surface area contributed by atoms with Gasteiger partial charge in [-0.25, -0.2) is 0 Å². The van der Waals surface area contributed by atoms with Crippen molar-refractivity contribution < 1.29 is 4.84 Å². The number of nitrogens with two attached hydrogens (primary N) is 1. The fourth-order valence-electron chi connectivity index (χ4n) is 0.792. The molecule has 0 atom stereocenters. The van der Waals surface area contributed by atoms with Crippen LogP contribution in [0.1, 0.15) is 12.5 Å². The van der Waals surface area contributed by atoms with Crippen molar-refractivity contribution in [2.24, 2.45) is 10.9 Å². The predicted molar refractivity (Wildman–Crippen MR) is 56.1 cm³/mol. The molecule has 0 radical (unpaired) electrons. The molecule has 2 N–H and O–H groups in total. The molecule has 0 aromatic carbocycles. The van der Waals surface area contributed by atoms with E-state index in [-0.39, 0.29) is 0 Å². The van der Waals surface area contributed by atoms with E-state index in [4.69, 9.17) is 10.6 Å². The van der Waals surface area contributed by atoms with Gasteiger partial charge in [0.2, 0.25) is 0 Å². The Balaban J connectivity index is 2.15. The van der Waals surface area contributed by atoms with Gasteiger partial charge in [0.05, 0.1) is 5.71 Å². The average molecular weight is 198 g/mol. The number of hydrogen-bond acceptors (Lipinski definition) is 4. The first-order valence-electron chi connectivity index (χ1n) is 4.19. The lowest BCUT2D eigenvalue weighted by atomic mass is 10.3. The lowest BCUT2D eigenvalue weighted by Crippen LogP contribution is -2.10. The van der Waals surface area contributed by atoms with Crippen LogP contribution in [0.5, 0.6) is 0 Å². The van der Waals surface area contributed by atoms with Gasteiger partial charge < -0.3 is 10.6 Å². The molecule has 0 fully saturated rings. The monoisotopic (exact) mass is 198 g/mol. The van der Waals surface area contributed by atoms with Crippen LogP contribution in [0.2, 0.25) is 0 Å². The van der Waals surface area contributed by atoms with Gasteiger partial charge >= 0.3 is 0 Å². The summed E-state index contributed by atoms with van der Waals surface area (Å²) in [5, 5.41) is 8.01. The molecule has 0 unspecified atom stereocenters. The Hall–Kier alpha value is -0.870. The number of nitrogens with zero attached hydrogens (tertiary/aromatic N) is 1. The minimum absolute atomic E-state index is 0.457. The normalized spacial score (nSPS) is 11.7. The zero-order chi connectivity index (χ0) is 9.52. The molecule has 72 valence electrons. The van der Waals surface area contributed by atoms with Crippen LogP contribution in [0.15, 0.2) is 22.0 Å². The lowest BCUT2D eigenvalue weighted by molar-refractivity contribution is 0.147. The maximum Gasteiger partial charge on any atom is 0.121 e. The summed E-state index contributed by atoms with van der Waals surface area (Å²) in [4.78, 5) is 5.07. The molecule has 0 saturated carbocycles. The van der Waals surface area contributed by atoms with E-state index >= 15 is 0 Å². The molecule has 0 aliphatic carbocycles. The second kappa shape index (κ2) is 5.72. The maximum absolute atomic E-state index is 5.34. The van der Waals surface area contributed by atoms with Gasteiger partial charge in [-0.15, -0.1) is 0 Å². The second-order valence-corrected chi connectivity index (χ2v) is 3.53. The SMILES string of the molecule is C/C(CN)=N\OCCc1ccsc1. The van der Waals surface area contributed by atoms with E-state index in [1.165, 1.54) is 5.56 Å². The van der Waals surface area contributed by atoms with Crippen LogP contribution >= 0.6 is 11.3 Å². The standard InChI is InChI=1S/C9H14N2OS/c1-8(6-10)11-12-4-2-9-3-5-13-7-9/h3,5,7H,2,4,6,10H2,1H3/b11-8+. The molecule has 1 aromatic rings. The van der Waals surface area contributed by atoms with E-state index in [1.807, 2.05) is 6.92 Å². The summed E-state index contributed by atoms with van der Waals surface area (Å²) in [6, 6.07) is 2.09. The van der Waals surface area contributed by atoms with Gasteiger partial charge in [-0.2, -0.15) is 11.3 Å². The molecule has 0 bridgehead atoms. The first-order chi connectivity index (χ1) is 6.33. The number of thiophene rings is 1. The summed E-state index contributed by atoms with van der Waals surface area (Å²) >= 11 is 1.70. The first kappa shape index (κ1) is 10.2. The molecule has 0 spiro atoms. The lowest BCUT2D eigenvalue weighted by Gasteiger charge is -1.98. The van der Waals surface area contributed by atoms with Crippen molar-refractivity contribution in [2.75, 3.05) is 13.2 Å². The average Bonchev–Trinajstić information content (AvgIpc) is 2.64. The number of rotatable bonds is 5. The van der Waals surface area contributed by atoms with Crippen molar-refractivity contribution in [3.05, 3.63) is 22.4 Å². The zero-order valence-electron chi connectivity index (χ0n) is 7.69. The molecule has 13 heavy (non-hydrogen) atoms. The second-order valence-electron chi connectivity index (χ2n) is 2.75. The van der Waals surface area contributed by atoms with Crippen molar-refractivity contribution in [1.82, 2.24) is 0 Å². The van der Waals surface area contributed by atoms with Crippen LogP contribution in [0, 0.1) is 0 Å². The van der Waals surface area contributed by atoms with E-state index in [0.717, 1.165) is 12.1 Å². The third kappa shape index (κ3) is 4.05. The Bertz CT molecular complexity index is 257. The molecule has 3 nitrogen and oxygen atoms in total. The minimum atomic E-state index is 0.457. The summed E-state index contributed by atoms with van der Waals surface area (Å²) in [5.41, 5.74) is 7.46. The fourth-order valence-corrected chi connectivity index (χ4v) is 1.49. The highest BCUT2D eigenvalue weighted by Gasteiger charge is 1.92. The largest absolute Gasteiger partial charge is 0.395 e. The van der Waals surface area contributed by atoms with Crippen LogP contribution in [0.25, 0.3) is 0 Å². The van der Waals surface area contributed by atoms with Crippen molar-refractivity contribution in [3.8, 4) is 0 Å². The van der Waals surface area contributed by atoms with Crippen molar-refractivity contribution >= 4 is 17.0 Å². The highest BCUT2D eigenvalue weighted by Crippen LogP contribution is 2.06. The van der Waals surface area contributed by atoms with Crippen molar-refractivity contribution in [2.45, 2.75) is 13.3 Å². The Kier molecular flexibility index (Phi) is 4.49. The van der Waals surface area contributed by atoms with E-state index in [2.05, 4.69) is 22.0 Å². The molecular weight excluding hydrogens is 184 g/mol. The predicted octanol–water partition coefficient (Wildman–Crippen LogP) is 1.64. The molecular formula is C9H14N2OS. The summed E-state index contributed by atoms with van der Waals surface area (Å²) in [7, 11) is 0. The number of oxime groups is 1. The van der Waals surface area contributed by atoms with Crippen LogP contribution < -0.4 is 5.73 Å². The quantitative estimate of drug-likeness (QED) is 0.444. The van der Waals surface area contributed by atoms with Gasteiger partial charge in [-0.3, -0.25) is 0 Å². The van der Waals surface area contributed by atoms with Gasteiger partial charge in [0, 0.05) is 13.0 Å². The van der Waals surface area contributed by atoms with E-state index < -0.39 is 0 Å². The molecule has 0 aliphatic rings.